The molecule has 4 nitrogen and oxygen atoms in total. The maximum absolute atomic E-state index is 13.0. The monoisotopic (exact) mass is 158 g/mol. The van der Waals surface area contributed by atoms with Crippen LogP contribution in [0.15, 0.2) is 6.20 Å². The topological polar surface area (TPSA) is 56.7 Å². The average molecular weight is 158 g/mol. The van der Waals surface area contributed by atoms with Crippen LogP contribution in [0.3, 0.4) is 0 Å². The van der Waals surface area contributed by atoms with Gasteiger partial charge in [-0.25, -0.2) is 9.07 Å². The summed E-state index contributed by atoms with van der Waals surface area (Å²) in [6.07, 6.45) is 0.696. The van der Waals surface area contributed by atoms with Crippen LogP contribution in [-0.4, -0.2) is 21.5 Å². The first-order valence-electron chi connectivity index (χ1n) is 3.44. The molecule has 1 rings (SSSR count). The van der Waals surface area contributed by atoms with Crippen molar-refractivity contribution in [2.45, 2.75) is 12.6 Å². The van der Waals surface area contributed by atoms with E-state index in [0.29, 0.717) is 18.7 Å². The van der Waals surface area contributed by atoms with Gasteiger partial charge in [0, 0.05) is 7.05 Å². The zero-order chi connectivity index (χ0) is 8.27. The van der Waals surface area contributed by atoms with Crippen LogP contribution in [0.1, 0.15) is 18.3 Å². The van der Waals surface area contributed by atoms with Crippen molar-refractivity contribution in [1.29, 1.82) is 0 Å². The maximum atomic E-state index is 13.0. The van der Waals surface area contributed by atoms with Crippen molar-refractivity contribution in [1.82, 2.24) is 15.0 Å². The Morgan fingerprint density at radius 3 is 3.00 bits per heavy atom. The van der Waals surface area contributed by atoms with Crippen LogP contribution in [0.25, 0.3) is 0 Å². The van der Waals surface area contributed by atoms with Crippen molar-refractivity contribution < 1.29 is 4.39 Å². The summed E-state index contributed by atoms with van der Waals surface area (Å²) in [5, 5.41) is 7.16. The number of hydrogen-bond donors (Lipinski definition) is 1. The maximum Gasteiger partial charge on any atom is 0.144 e. The quantitative estimate of drug-likeness (QED) is 0.682. The lowest BCUT2D eigenvalue weighted by atomic mass is 10.2. The van der Waals surface area contributed by atoms with Crippen molar-refractivity contribution in [2.24, 2.45) is 12.8 Å². The Hall–Kier alpha value is -0.970. The lowest BCUT2D eigenvalue weighted by Crippen LogP contribution is -2.07. The fraction of sp³-hybridized carbons (Fsp3) is 0.667. The molecule has 0 saturated carbocycles. The summed E-state index contributed by atoms with van der Waals surface area (Å²) < 4.78 is 14.5. The Kier molecular flexibility index (Phi) is 2.53. The van der Waals surface area contributed by atoms with Gasteiger partial charge >= 0.3 is 0 Å². The number of aryl methyl sites for hydroxylation is 1. The first-order valence-corrected chi connectivity index (χ1v) is 3.44. The van der Waals surface area contributed by atoms with E-state index in [-0.39, 0.29) is 0 Å². The second-order valence-electron chi connectivity index (χ2n) is 2.33. The van der Waals surface area contributed by atoms with Gasteiger partial charge in [0.2, 0.25) is 0 Å². The minimum absolute atomic E-state index is 0.321. The van der Waals surface area contributed by atoms with Gasteiger partial charge in [0.05, 0.1) is 11.9 Å². The van der Waals surface area contributed by atoms with Gasteiger partial charge in [-0.05, 0) is 13.0 Å². The zero-order valence-electron chi connectivity index (χ0n) is 6.37. The van der Waals surface area contributed by atoms with Crippen LogP contribution in [-0.2, 0) is 7.05 Å². The van der Waals surface area contributed by atoms with E-state index in [1.54, 1.807) is 7.05 Å². The van der Waals surface area contributed by atoms with Crippen molar-refractivity contribution in [3.63, 3.8) is 0 Å². The molecule has 1 atom stereocenters. The van der Waals surface area contributed by atoms with Crippen molar-refractivity contribution in [2.75, 3.05) is 6.54 Å². The molecule has 0 spiro atoms. The van der Waals surface area contributed by atoms with Gasteiger partial charge in [0.15, 0.2) is 0 Å². The molecule has 0 saturated heterocycles. The highest BCUT2D eigenvalue weighted by atomic mass is 19.1. The van der Waals surface area contributed by atoms with Crippen LogP contribution in [0.4, 0.5) is 4.39 Å². The summed E-state index contributed by atoms with van der Waals surface area (Å²) in [6.45, 7) is 0.340. The molecule has 5 heteroatoms. The summed E-state index contributed by atoms with van der Waals surface area (Å²) in [4.78, 5) is 0. The second kappa shape index (κ2) is 3.43. The molecule has 0 aliphatic carbocycles. The summed E-state index contributed by atoms with van der Waals surface area (Å²) in [5.74, 6) is 0. The molecule has 1 unspecified atom stereocenters. The highest BCUT2D eigenvalue weighted by Gasteiger charge is 2.12. The molecule has 0 radical (unpaired) electrons. The number of nitrogens with zero attached hydrogens (tertiary/aromatic N) is 3. The highest BCUT2D eigenvalue weighted by molar-refractivity contribution is 4.98. The first-order chi connectivity index (χ1) is 5.25. The van der Waals surface area contributed by atoms with E-state index in [2.05, 4.69) is 10.3 Å². The van der Waals surface area contributed by atoms with Crippen molar-refractivity contribution in [3.05, 3.63) is 11.9 Å². The van der Waals surface area contributed by atoms with Gasteiger partial charge < -0.3 is 5.73 Å². The molecule has 1 heterocycles. The molecule has 11 heavy (non-hydrogen) atoms. The molecule has 2 N–H and O–H groups in total. The molecule has 0 fully saturated rings. The molecule has 1 aromatic heterocycles. The number of nitrogens with two attached hydrogens (primary N) is 1. The van der Waals surface area contributed by atoms with Crippen LogP contribution in [0.2, 0.25) is 0 Å². The standard InChI is InChI=1S/C6H11FN4/c1-11-6(4-9-10-11)5(7)2-3-8/h4-5H,2-3,8H2,1H3. The van der Waals surface area contributed by atoms with Crippen molar-refractivity contribution >= 4 is 0 Å². The normalized spacial score (nSPS) is 13.4. The molecule has 0 aliphatic heterocycles. The van der Waals surface area contributed by atoms with E-state index in [1.807, 2.05) is 0 Å². The molecule has 0 bridgehead atoms. The molecule has 1 aromatic rings. The fourth-order valence-electron chi connectivity index (χ4n) is 0.875. The lowest BCUT2D eigenvalue weighted by molar-refractivity contribution is 0.310. The van der Waals surface area contributed by atoms with Gasteiger partial charge in [0.1, 0.15) is 6.17 Å². The van der Waals surface area contributed by atoms with Crippen LogP contribution >= 0.6 is 0 Å². The number of alkyl halides is 1. The van der Waals surface area contributed by atoms with Crippen LogP contribution in [0, 0.1) is 0 Å². The van der Waals surface area contributed by atoms with Crippen LogP contribution < -0.4 is 5.73 Å². The van der Waals surface area contributed by atoms with E-state index >= 15 is 0 Å². The third-order valence-electron chi connectivity index (χ3n) is 1.49. The Balaban J connectivity index is 2.67. The smallest absolute Gasteiger partial charge is 0.144 e. The van der Waals surface area contributed by atoms with Gasteiger partial charge in [-0.15, -0.1) is 5.10 Å². The Labute approximate surface area is 64.2 Å². The molecule has 62 valence electrons. The summed E-state index contributed by atoms with van der Waals surface area (Å²) in [6, 6.07) is 0. The highest BCUT2D eigenvalue weighted by Crippen LogP contribution is 2.17. The largest absolute Gasteiger partial charge is 0.330 e. The van der Waals surface area contributed by atoms with Gasteiger partial charge in [-0.1, -0.05) is 5.21 Å². The SMILES string of the molecule is Cn1nncc1C(F)CCN. The number of hydrogen-bond acceptors (Lipinski definition) is 3. The van der Waals surface area contributed by atoms with Crippen LogP contribution in [0.5, 0.6) is 0 Å². The predicted molar refractivity (Wildman–Crippen MR) is 38.5 cm³/mol. The van der Waals surface area contributed by atoms with Gasteiger partial charge in [-0.3, -0.25) is 0 Å². The summed E-state index contributed by atoms with van der Waals surface area (Å²) >= 11 is 0. The van der Waals surface area contributed by atoms with E-state index in [0.717, 1.165) is 0 Å². The Bertz CT molecular complexity index is 222. The summed E-state index contributed by atoms with van der Waals surface area (Å²) in [7, 11) is 1.66. The minimum atomic E-state index is -1.04. The third kappa shape index (κ3) is 1.74. The molecular formula is C6H11FN4. The summed E-state index contributed by atoms with van der Waals surface area (Å²) in [5.41, 5.74) is 5.68. The molecular weight excluding hydrogens is 147 g/mol. The zero-order valence-corrected chi connectivity index (χ0v) is 6.37. The Morgan fingerprint density at radius 2 is 2.55 bits per heavy atom. The molecule has 0 amide bonds. The predicted octanol–water partition coefficient (Wildman–Crippen LogP) is 0.174. The van der Waals surface area contributed by atoms with Gasteiger partial charge in [-0.2, -0.15) is 0 Å². The molecule has 0 aromatic carbocycles. The minimum Gasteiger partial charge on any atom is -0.330 e. The van der Waals surface area contributed by atoms with Gasteiger partial charge in [0.25, 0.3) is 0 Å². The third-order valence-corrected chi connectivity index (χ3v) is 1.49. The average Bonchev–Trinajstić information content (AvgIpc) is 2.36. The fourth-order valence-corrected chi connectivity index (χ4v) is 0.875. The van der Waals surface area contributed by atoms with E-state index in [1.165, 1.54) is 10.9 Å². The first kappa shape index (κ1) is 8.13. The Morgan fingerprint density at radius 1 is 1.82 bits per heavy atom. The second-order valence-corrected chi connectivity index (χ2v) is 2.33. The van der Waals surface area contributed by atoms with E-state index in [4.69, 9.17) is 5.73 Å². The number of rotatable bonds is 3. The lowest BCUT2D eigenvalue weighted by Gasteiger charge is -2.04. The number of halogens is 1. The molecule has 0 aliphatic rings. The number of aromatic nitrogens is 3. The van der Waals surface area contributed by atoms with E-state index in [9.17, 15) is 4.39 Å². The van der Waals surface area contributed by atoms with E-state index < -0.39 is 6.17 Å². The van der Waals surface area contributed by atoms with Crippen molar-refractivity contribution in [3.8, 4) is 0 Å².